The molecule has 1 aromatic heterocycles. The Morgan fingerprint density at radius 3 is 2.42 bits per heavy atom. The van der Waals surface area contributed by atoms with Gasteiger partial charge in [0.2, 0.25) is 15.9 Å². The summed E-state index contributed by atoms with van der Waals surface area (Å²) in [6, 6.07) is 13.0. The van der Waals surface area contributed by atoms with Crippen LogP contribution in [0.25, 0.3) is 10.9 Å². The van der Waals surface area contributed by atoms with Crippen molar-refractivity contribution in [2.75, 3.05) is 37.6 Å². The van der Waals surface area contributed by atoms with E-state index < -0.39 is 27.7 Å². The zero-order chi connectivity index (χ0) is 34.2. The molecule has 0 bridgehead atoms. The van der Waals surface area contributed by atoms with Crippen LogP contribution in [0.4, 0.5) is 15.4 Å². The van der Waals surface area contributed by atoms with Crippen LogP contribution in [0.5, 0.6) is 0 Å². The number of hydrogen-bond donors (Lipinski definition) is 2. The molecule has 0 saturated carbocycles. The van der Waals surface area contributed by atoms with Gasteiger partial charge in [-0.15, -0.1) is 0 Å². The van der Waals surface area contributed by atoms with Gasteiger partial charge in [-0.25, -0.2) is 18.0 Å². The number of carbonyl (C=O) groups excluding carboxylic acids is 3. The predicted octanol–water partition coefficient (Wildman–Crippen LogP) is 4.08. The number of alkyl carbamates (subject to hydrolysis) is 1. The minimum absolute atomic E-state index is 0.125. The van der Waals surface area contributed by atoms with E-state index in [0.717, 1.165) is 42.4 Å². The largest absolute Gasteiger partial charge is 0.444 e. The number of fused-ring (bicyclic) bond motifs is 1. The molecule has 48 heavy (non-hydrogen) atoms. The monoisotopic (exact) mass is 679 g/mol. The van der Waals surface area contributed by atoms with Crippen molar-refractivity contribution in [3.05, 3.63) is 53.6 Å². The quantitative estimate of drug-likeness (QED) is 0.380. The van der Waals surface area contributed by atoms with Gasteiger partial charge in [0.05, 0.1) is 10.4 Å². The number of benzene rings is 2. The molecule has 6 rings (SSSR count). The maximum atomic E-state index is 13.5. The molecule has 258 valence electrons. The summed E-state index contributed by atoms with van der Waals surface area (Å²) in [4.78, 5) is 40.4. The van der Waals surface area contributed by atoms with Crippen LogP contribution in [0.1, 0.15) is 69.9 Å². The molecule has 0 unspecified atom stereocenters. The fourth-order valence-corrected chi connectivity index (χ4v) is 8.37. The third-order valence-electron chi connectivity index (χ3n) is 9.34. The Morgan fingerprint density at radius 1 is 1.00 bits per heavy atom. The summed E-state index contributed by atoms with van der Waals surface area (Å²) in [5.41, 5.74) is 2.54. The van der Waals surface area contributed by atoms with Gasteiger partial charge in [-0.2, -0.15) is 9.40 Å². The number of urea groups is 1. The van der Waals surface area contributed by atoms with Crippen LogP contribution in [-0.4, -0.2) is 89.8 Å². The van der Waals surface area contributed by atoms with Crippen molar-refractivity contribution < 1.29 is 27.5 Å². The molecule has 4 heterocycles. The van der Waals surface area contributed by atoms with Crippen molar-refractivity contribution in [3.8, 4) is 0 Å². The highest BCUT2D eigenvalue weighted by molar-refractivity contribution is 7.89. The van der Waals surface area contributed by atoms with Crippen molar-refractivity contribution in [2.45, 2.75) is 81.9 Å². The van der Waals surface area contributed by atoms with E-state index >= 15 is 0 Å². The number of anilines is 1. The molecule has 0 spiro atoms. The molecule has 3 aromatic rings. The lowest BCUT2D eigenvalue weighted by Gasteiger charge is -2.33. The van der Waals surface area contributed by atoms with Crippen LogP contribution in [0.15, 0.2) is 47.4 Å². The van der Waals surface area contributed by atoms with Gasteiger partial charge >= 0.3 is 12.1 Å². The first kappa shape index (κ1) is 33.9. The van der Waals surface area contributed by atoms with Crippen molar-refractivity contribution >= 4 is 44.8 Å². The molecule has 3 saturated heterocycles. The molecule has 2 aromatic carbocycles. The third kappa shape index (κ3) is 7.50. The number of aromatic nitrogens is 2. The maximum absolute atomic E-state index is 13.5. The summed E-state index contributed by atoms with van der Waals surface area (Å²) in [7, 11) is -1.79. The molecule has 0 atom stereocenters. The van der Waals surface area contributed by atoms with Crippen molar-refractivity contribution in [1.29, 1.82) is 0 Å². The number of nitrogens with zero attached hydrogens (tertiary/aromatic N) is 5. The molecule has 0 aliphatic carbocycles. The molecule has 14 heteroatoms. The molecule has 3 fully saturated rings. The fourth-order valence-electron chi connectivity index (χ4n) is 6.83. The van der Waals surface area contributed by atoms with Gasteiger partial charge < -0.3 is 10.1 Å². The number of imide groups is 1. The Balaban J connectivity index is 1.04. The number of hydrogen-bond acceptors (Lipinski definition) is 8. The number of rotatable bonds is 7. The molecular weight excluding hydrogens is 634 g/mol. The molecule has 13 nitrogen and oxygen atoms in total. The average Bonchev–Trinajstić information content (AvgIpc) is 3.36. The lowest BCUT2D eigenvalue weighted by molar-refractivity contribution is -0.120. The number of aryl methyl sites for hydroxylation is 1. The van der Waals surface area contributed by atoms with Gasteiger partial charge in [0.1, 0.15) is 5.60 Å². The highest BCUT2D eigenvalue weighted by Gasteiger charge is 2.32. The number of carbonyl (C=O) groups is 3. The van der Waals surface area contributed by atoms with E-state index in [1.807, 2.05) is 46.0 Å². The highest BCUT2D eigenvalue weighted by atomic mass is 32.2. The van der Waals surface area contributed by atoms with Crippen LogP contribution >= 0.6 is 0 Å². The smallest absolute Gasteiger partial charge is 0.407 e. The summed E-state index contributed by atoms with van der Waals surface area (Å²) in [5, 5.41) is 10.7. The average molecular weight is 680 g/mol. The van der Waals surface area contributed by atoms with Crippen LogP contribution in [-0.2, 0) is 33.1 Å². The Hall–Kier alpha value is -4.01. The van der Waals surface area contributed by atoms with E-state index in [1.54, 1.807) is 16.8 Å². The predicted molar refractivity (Wildman–Crippen MR) is 181 cm³/mol. The lowest BCUT2D eigenvalue weighted by Crippen LogP contribution is -2.49. The zero-order valence-corrected chi connectivity index (χ0v) is 28.9. The molecular formula is C34H45N7O6S. The molecule has 3 aliphatic rings. The first-order chi connectivity index (χ1) is 22.8. The van der Waals surface area contributed by atoms with Crippen molar-refractivity contribution in [2.24, 2.45) is 7.05 Å². The van der Waals surface area contributed by atoms with E-state index in [0.29, 0.717) is 55.7 Å². The minimum Gasteiger partial charge on any atom is -0.444 e. The molecule has 2 N–H and O–H groups in total. The molecule has 4 amide bonds. The van der Waals surface area contributed by atoms with Crippen LogP contribution in [0.3, 0.4) is 0 Å². The van der Waals surface area contributed by atoms with Crippen LogP contribution in [0, 0.1) is 0 Å². The first-order valence-corrected chi connectivity index (χ1v) is 18.1. The van der Waals surface area contributed by atoms with Gasteiger partial charge in [-0.05, 0) is 101 Å². The van der Waals surface area contributed by atoms with Gasteiger partial charge in [0.25, 0.3) is 0 Å². The Labute approximate surface area is 281 Å². The highest BCUT2D eigenvalue weighted by Crippen LogP contribution is 2.34. The SMILES string of the molecule is Cn1nc(N2CCC(=O)NC2=O)c2ccc(C3CCN(Cc4cccc(S(=O)(=O)N5CCC(NC(=O)OC(C)(C)C)CC5)c4)CC3)cc21. The fraction of sp³-hybridized carbons (Fsp3) is 0.529. The standard InChI is InChI=1S/C34H45N7O6S/c1-34(2,3)47-33(44)35-26-12-17-40(18-13-26)48(45,46)27-7-5-6-23(20-27)22-39-15-10-24(11-16-39)25-8-9-28-29(21-25)38(4)37-31(28)41-19-14-30(42)36-32(41)43/h5-9,20-21,24,26H,10-19,22H2,1-4H3,(H,35,44)(H,36,42,43). The van der Waals surface area contributed by atoms with Gasteiger partial charge in [0.15, 0.2) is 5.82 Å². The number of sulfonamides is 1. The minimum atomic E-state index is -3.66. The van der Waals surface area contributed by atoms with E-state index in [-0.39, 0.29) is 18.4 Å². The second kappa shape index (κ2) is 13.5. The van der Waals surface area contributed by atoms with Crippen LogP contribution < -0.4 is 15.5 Å². The molecule has 3 aliphatic heterocycles. The van der Waals surface area contributed by atoms with Gasteiger partial charge in [-0.3, -0.25) is 24.6 Å². The van der Waals surface area contributed by atoms with Crippen molar-refractivity contribution in [1.82, 2.24) is 29.6 Å². The third-order valence-corrected chi connectivity index (χ3v) is 11.2. The summed E-state index contributed by atoms with van der Waals surface area (Å²) in [6.45, 7) is 8.84. The summed E-state index contributed by atoms with van der Waals surface area (Å²) >= 11 is 0. The number of nitrogens with one attached hydrogen (secondary N) is 2. The summed E-state index contributed by atoms with van der Waals surface area (Å²) < 4.78 is 35.7. The zero-order valence-electron chi connectivity index (χ0n) is 28.1. The van der Waals surface area contributed by atoms with Crippen LogP contribution in [0.2, 0.25) is 0 Å². The van der Waals surface area contributed by atoms with Gasteiger partial charge in [-0.1, -0.05) is 18.2 Å². The summed E-state index contributed by atoms with van der Waals surface area (Å²) in [6.07, 6.45) is 2.76. The van der Waals surface area contributed by atoms with E-state index in [2.05, 4.69) is 32.8 Å². The lowest BCUT2D eigenvalue weighted by atomic mass is 9.89. The van der Waals surface area contributed by atoms with Crippen molar-refractivity contribution in [3.63, 3.8) is 0 Å². The topological polar surface area (TPSA) is 146 Å². The Morgan fingerprint density at radius 2 is 1.73 bits per heavy atom. The van der Waals surface area contributed by atoms with E-state index in [1.165, 1.54) is 14.8 Å². The Bertz CT molecular complexity index is 1800. The first-order valence-electron chi connectivity index (χ1n) is 16.7. The summed E-state index contributed by atoms with van der Waals surface area (Å²) in [5.74, 6) is 0.660. The number of amides is 4. The second-order valence-electron chi connectivity index (χ2n) is 14.0. The van der Waals surface area contributed by atoms with E-state index in [4.69, 9.17) is 4.74 Å². The van der Waals surface area contributed by atoms with E-state index in [9.17, 15) is 22.8 Å². The molecule has 0 radical (unpaired) electrons. The normalized spacial score (nSPS) is 19.5. The maximum Gasteiger partial charge on any atom is 0.407 e. The second-order valence-corrected chi connectivity index (χ2v) is 15.9. The number of likely N-dealkylation sites (tertiary alicyclic amines) is 1. The Kier molecular flexibility index (Phi) is 9.51. The number of piperidine rings is 2. The van der Waals surface area contributed by atoms with Gasteiger partial charge in [0, 0.05) is 51.1 Å². The number of ether oxygens (including phenoxy) is 1.